The Morgan fingerprint density at radius 3 is 2.43 bits per heavy atom. The Morgan fingerprint density at radius 1 is 1.18 bits per heavy atom. The van der Waals surface area contributed by atoms with Crippen molar-refractivity contribution in [1.82, 2.24) is 10.2 Å². The summed E-state index contributed by atoms with van der Waals surface area (Å²) >= 11 is 0. The minimum Gasteiger partial charge on any atom is -0.459 e. The maximum atomic E-state index is 12.5. The summed E-state index contributed by atoms with van der Waals surface area (Å²) in [6.07, 6.45) is 8.72. The second kappa shape index (κ2) is 10.7. The average Bonchev–Trinajstić information content (AvgIpc) is 2.66. The van der Waals surface area contributed by atoms with E-state index >= 15 is 0 Å². The van der Waals surface area contributed by atoms with Crippen LogP contribution in [0.2, 0.25) is 0 Å². The van der Waals surface area contributed by atoms with E-state index in [1.54, 1.807) is 20.1 Å². The molecule has 0 spiro atoms. The lowest BCUT2D eigenvalue weighted by molar-refractivity contribution is -0.142. The zero-order valence-corrected chi connectivity index (χ0v) is 17.9. The molecule has 0 bridgehead atoms. The van der Waals surface area contributed by atoms with Gasteiger partial charge in [0.1, 0.15) is 11.4 Å². The zero-order chi connectivity index (χ0) is 20.7. The van der Waals surface area contributed by atoms with Gasteiger partial charge in [-0.25, -0.2) is 4.79 Å². The molecule has 2 rings (SSSR count). The van der Waals surface area contributed by atoms with Gasteiger partial charge in [-0.3, -0.25) is 0 Å². The van der Waals surface area contributed by atoms with Crippen LogP contribution in [0.25, 0.3) is 0 Å². The van der Waals surface area contributed by atoms with E-state index in [2.05, 4.69) is 5.32 Å². The molecule has 2 atom stereocenters. The lowest BCUT2D eigenvalue weighted by Gasteiger charge is -2.41. The number of piperidine rings is 1. The van der Waals surface area contributed by atoms with E-state index in [1.807, 2.05) is 18.7 Å². The molecule has 28 heavy (non-hydrogen) atoms. The average molecular weight is 395 g/mol. The molecule has 1 aliphatic heterocycles. The number of carbonyl (C=O) groups excluding carboxylic acids is 1. The standard InChI is InChI=1S/C21H38N4O3/c1-14(2)28-21(26)17(12-15(3)22)20(23)25-11-10-18(19(13-25)27-4)24-16-8-6-5-7-9-16/h12,14,16,18-19,24H,5-11,13,22-23H2,1-4H3/b15-12-,20-17-/t18-,19+/m1/s1. The van der Waals surface area contributed by atoms with Crippen LogP contribution in [0.15, 0.2) is 23.2 Å². The molecule has 1 aliphatic carbocycles. The molecule has 2 aliphatic rings. The molecular weight excluding hydrogens is 356 g/mol. The Balaban J connectivity index is 2.11. The van der Waals surface area contributed by atoms with Crippen molar-refractivity contribution >= 4 is 5.97 Å². The van der Waals surface area contributed by atoms with Crippen LogP contribution in [0.1, 0.15) is 59.3 Å². The van der Waals surface area contributed by atoms with E-state index in [0.717, 1.165) is 13.0 Å². The molecule has 7 nitrogen and oxygen atoms in total. The fourth-order valence-electron chi connectivity index (χ4n) is 4.05. The first-order valence-corrected chi connectivity index (χ1v) is 10.5. The Labute approximate surface area is 169 Å². The van der Waals surface area contributed by atoms with Gasteiger partial charge in [0.25, 0.3) is 0 Å². The number of esters is 1. The van der Waals surface area contributed by atoms with Crippen LogP contribution in [-0.2, 0) is 14.3 Å². The van der Waals surface area contributed by atoms with Crippen molar-refractivity contribution in [1.29, 1.82) is 0 Å². The smallest absolute Gasteiger partial charge is 0.342 e. The summed E-state index contributed by atoms with van der Waals surface area (Å²) in [5, 5.41) is 3.80. The van der Waals surface area contributed by atoms with Gasteiger partial charge in [-0.05, 0) is 46.1 Å². The Hall–Kier alpha value is -1.73. The maximum absolute atomic E-state index is 12.5. The van der Waals surface area contributed by atoms with Gasteiger partial charge in [-0.2, -0.15) is 0 Å². The molecule has 1 saturated heterocycles. The lowest BCUT2D eigenvalue weighted by atomic mass is 9.92. The van der Waals surface area contributed by atoms with E-state index in [-0.39, 0.29) is 12.2 Å². The number of rotatable bonds is 7. The fourth-order valence-corrected chi connectivity index (χ4v) is 4.05. The van der Waals surface area contributed by atoms with Crippen LogP contribution < -0.4 is 16.8 Å². The van der Waals surface area contributed by atoms with E-state index < -0.39 is 5.97 Å². The predicted octanol–water partition coefficient (Wildman–Crippen LogP) is 1.98. The van der Waals surface area contributed by atoms with Crippen LogP contribution >= 0.6 is 0 Å². The second-order valence-corrected chi connectivity index (χ2v) is 8.26. The number of ether oxygens (including phenoxy) is 2. The van der Waals surface area contributed by atoms with Gasteiger partial charge in [0, 0.05) is 38.0 Å². The summed E-state index contributed by atoms with van der Waals surface area (Å²) in [4.78, 5) is 14.5. The second-order valence-electron chi connectivity index (χ2n) is 8.26. The third-order valence-corrected chi connectivity index (χ3v) is 5.47. The molecule has 2 fully saturated rings. The van der Waals surface area contributed by atoms with E-state index in [9.17, 15) is 4.79 Å². The zero-order valence-electron chi connectivity index (χ0n) is 17.9. The van der Waals surface area contributed by atoms with Crippen LogP contribution in [0.5, 0.6) is 0 Å². The maximum Gasteiger partial charge on any atom is 0.342 e. The SMILES string of the molecule is CO[C@H]1CN(/C(N)=C(/C=C(/C)N)C(=O)OC(C)C)CC[C@H]1NC1CCCCC1. The summed E-state index contributed by atoms with van der Waals surface area (Å²) in [5.74, 6) is -0.0534. The number of hydrogen-bond acceptors (Lipinski definition) is 7. The Kier molecular flexibility index (Phi) is 8.63. The summed E-state index contributed by atoms with van der Waals surface area (Å²) < 4.78 is 11.1. The molecule has 0 aromatic carbocycles. The molecule has 0 aromatic heterocycles. The topological polar surface area (TPSA) is 103 Å². The van der Waals surface area contributed by atoms with Gasteiger partial charge in [-0.1, -0.05) is 19.3 Å². The largest absolute Gasteiger partial charge is 0.459 e. The van der Waals surface area contributed by atoms with Gasteiger partial charge in [0.2, 0.25) is 0 Å². The molecule has 0 aromatic rings. The van der Waals surface area contributed by atoms with E-state index in [0.29, 0.717) is 35.7 Å². The minimum atomic E-state index is -0.450. The van der Waals surface area contributed by atoms with Crippen molar-refractivity contribution in [3.05, 3.63) is 23.2 Å². The van der Waals surface area contributed by atoms with Crippen LogP contribution in [0.4, 0.5) is 0 Å². The van der Waals surface area contributed by atoms with Crippen LogP contribution in [0.3, 0.4) is 0 Å². The van der Waals surface area contributed by atoms with Gasteiger partial charge in [-0.15, -0.1) is 0 Å². The van der Waals surface area contributed by atoms with Gasteiger partial charge in [0.05, 0.1) is 12.2 Å². The van der Waals surface area contributed by atoms with Gasteiger partial charge < -0.3 is 31.2 Å². The summed E-state index contributed by atoms with van der Waals surface area (Å²) in [6, 6.07) is 0.880. The number of methoxy groups -OCH3 is 1. The predicted molar refractivity (Wildman–Crippen MR) is 111 cm³/mol. The van der Waals surface area contributed by atoms with Crippen molar-refractivity contribution in [2.45, 2.75) is 83.6 Å². The highest BCUT2D eigenvalue weighted by molar-refractivity contribution is 5.92. The lowest BCUT2D eigenvalue weighted by Crippen LogP contribution is -2.56. The number of nitrogens with one attached hydrogen (secondary N) is 1. The third kappa shape index (κ3) is 6.41. The number of allylic oxidation sites excluding steroid dienone is 1. The highest BCUT2D eigenvalue weighted by Crippen LogP contribution is 2.23. The number of carbonyl (C=O) groups is 1. The molecule has 0 unspecified atom stereocenters. The van der Waals surface area contributed by atoms with Gasteiger partial charge >= 0.3 is 5.97 Å². The summed E-state index contributed by atoms with van der Waals surface area (Å²) in [5.41, 5.74) is 13.0. The first-order valence-electron chi connectivity index (χ1n) is 10.5. The minimum absolute atomic E-state index is 0.0135. The van der Waals surface area contributed by atoms with Crippen molar-refractivity contribution in [2.75, 3.05) is 20.2 Å². The van der Waals surface area contributed by atoms with Gasteiger partial charge in [0.15, 0.2) is 0 Å². The Morgan fingerprint density at radius 2 is 1.86 bits per heavy atom. The summed E-state index contributed by atoms with van der Waals surface area (Å²) in [6.45, 7) is 6.74. The van der Waals surface area contributed by atoms with E-state index in [1.165, 1.54) is 32.1 Å². The molecule has 0 amide bonds. The number of likely N-dealkylation sites (tertiary alicyclic amines) is 1. The van der Waals surface area contributed by atoms with Crippen LogP contribution in [-0.4, -0.2) is 55.4 Å². The van der Waals surface area contributed by atoms with Crippen molar-refractivity contribution in [3.63, 3.8) is 0 Å². The highest BCUT2D eigenvalue weighted by Gasteiger charge is 2.32. The van der Waals surface area contributed by atoms with Crippen molar-refractivity contribution in [3.8, 4) is 0 Å². The molecule has 7 heteroatoms. The first-order chi connectivity index (χ1) is 13.3. The highest BCUT2D eigenvalue weighted by atomic mass is 16.5. The first kappa shape index (κ1) is 22.6. The quantitative estimate of drug-likeness (QED) is 0.345. The molecule has 160 valence electrons. The molecular formula is C21H38N4O3. The normalized spacial score (nSPS) is 25.6. The monoisotopic (exact) mass is 394 g/mol. The number of hydrogen-bond donors (Lipinski definition) is 3. The third-order valence-electron chi connectivity index (χ3n) is 5.47. The molecule has 0 radical (unpaired) electrons. The van der Waals surface area contributed by atoms with Crippen LogP contribution in [0, 0.1) is 0 Å². The van der Waals surface area contributed by atoms with Crippen molar-refractivity contribution < 1.29 is 14.3 Å². The molecule has 5 N–H and O–H groups in total. The Bertz CT molecular complexity index is 578. The van der Waals surface area contributed by atoms with E-state index in [4.69, 9.17) is 20.9 Å². The van der Waals surface area contributed by atoms with Crippen molar-refractivity contribution in [2.24, 2.45) is 11.5 Å². The molecule has 1 saturated carbocycles. The molecule has 1 heterocycles. The fraction of sp³-hybridized carbons (Fsp3) is 0.762. The number of nitrogens with two attached hydrogens (primary N) is 2. The summed E-state index contributed by atoms with van der Waals surface area (Å²) in [7, 11) is 1.74. The number of nitrogens with zero attached hydrogens (tertiary/aromatic N) is 1.